The van der Waals surface area contributed by atoms with Gasteiger partial charge in [-0.2, -0.15) is 0 Å². The van der Waals surface area contributed by atoms with Crippen LogP contribution in [0.5, 0.6) is 0 Å². The predicted molar refractivity (Wildman–Crippen MR) is 104 cm³/mol. The molecule has 1 heterocycles. The average molecular weight is 390 g/mol. The van der Waals surface area contributed by atoms with Crippen LogP contribution in [-0.2, 0) is 9.59 Å². The lowest BCUT2D eigenvalue weighted by atomic mass is 9.97. The van der Waals surface area contributed by atoms with Gasteiger partial charge in [0.05, 0.1) is 18.2 Å². The number of halogens is 2. The van der Waals surface area contributed by atoms with Crippen LogP contribution >= 0.6 is 11.6 Å². The molecule has 2 amide bonds. The van der Waals surface area contributed by atoms with Crippen LogP contribution in [0.4, 0.5) is 15.8 Å². The van der Waals surface area contributed by atoms with Crippen molar-refractivity contribution in [1.29, 1.82) is 0 Å². The highest BCUT2D eigenvalue weighted by Crippen LogP contribution is 2.21. The molecule has 3 rings (SSSR count). The number of rotatable bonds is 5. The Bertz CT molecular complexity index is 816. The smallest absolute Gasteiger partial charge is 0.238 e. The van der Waals surface area contributed by atoms with E-state index in [1.807, 2.05) is 35.2 Å². The van der Waals surface area contributed by atoms with Crippen LogP contribution < -0.4 is 10.6 Å². The first kappa shape index (κ1) is 19.3. The maximum Gasteiger partial charge on any atom is 0.238 e. The first-order chi connectivity index (χ1) is 13.0. The van der Waals surface area contributed by atoms with Gasteiger partial charge in [-0.15, -0.1) is 0 Å². The van der Waals surface area contributed by atoms with Gasteiger partial charge >= 0.3 is 0 Å². The van der Waals surface area contributed by atoms with Crippen LogP contribution in [0.15, 0.2) is 48.5 Å². The van der Waals surface area contributed by atoms with Crippen molar-refractivity contribution in [2.75, 3.05) is 30.3 Å². The maximum atomic E-state index is 13.7. The highest BCUT2D eigenvalue weighted by atomic mass is 35.5. The molecule has 5 nitrogen and oxygen atoms in total. The fraction of sp³-hybridized carbons (Fsp3) is 0.300. The molecule has 1 fully saturated rings. The summed E-state index contributed by atoms with van der Waals surface area (Å²) < 4.78 is 13.7. The van der Waals surface area contributed by atoms with Crippen LogP contribution in [0.2, 0.25) is 5.02 Å². The van der Waals surface area contributed by atoms with E-state index in [0.29, 0.717) is 11.6 Å². The molecule has 27 heavy (non-hydrogen) atoms. The number of hydrogen-bond acceptors (Lipinski definition) is 3. The number of carbonyl (C=O) groups excluding carboxylic acids is 2. The topological polar surface area (TPSA) is 61.4 Å². The van der Waals surface area contributed by atoms with Gasteiger partial charge in [0.2, 0.25) is 11.8 Å². The Morgan fingerprint density at radius 3 is 2.70 bits per heavy atom. The summed E-state index contributed by atoms with van der Waals surface area (Å²) in [7, 11) is 0. The van der Waals surface area contributed by atoms with Crippen molar-refractivity contribution in [3.05, 3.63) is 59.4 Å². The first-order valence-corrected chi connectivity index (χ1v) is 9.22. The third kappa shape index (κ3) is 5.52. The monoisotopic (exact) mass is 389 g/mol. The number of nitrogens with one attached hydrogen (secondary N) is 2. The Morgan fingerprint density at radius 1 is 1.15 bits per heavy atom. The summed E-state index contributed by atoms with van der Waals surface area (Å²) in [6.45, 7) is 1.31. The first-order valence-electron chi connectivity index (χ1n) is 8.84. The largest absolute Gasteiger partial charge is 0.326 e. The maximum absolute atomic E-state index is 13.7. The minimum Gasteiger partial charge on any atom is -0.326 e. The zero-order valence-corrected chi connectivity index (χ0v) is 15.5. The van der Waals surface area contributed by atoms with Gasteiger partial charge in [0.25, 0.3) is 0 Å². The van der Waals surface area contributed by atoms with E-state index in [2.05, 4.69) is 10.6 Å². The molecule has 1 aliphatic rings. The molecule has 0 unspecified atom stereocenters. The van der Waals surface area contributed by atoms with E-state index >= 15 is 0 Å². The fourth-order valence-electron chi connectivity index (χ4n) is 3.17. The second-order valence-corrected chi connectivity index (χ2v) is 7.04. The molecule has 0 aliphatic carbocycles. The Hall–Kier alpha value is -2.44. The number of hydrogen-bond donors (Lipinski definition) is 2. The molecule has 1 aliphatic heterocycles. The zero-order valence-electron chi connectivity index (χ0n) is 14.8. The summed E-state index contributed by atoms with van der Waals surface area (Å²) in [5.74, 6) is -1.10. The highest BCUT2D eigenvalue weighted by molar-refractivity contribution is 6.30. The Balaban J connectivity index is 1.54. The molecule has 1 saturated heterocycles. The number of para-hydroxylation sites is 1. The second-order valence-electron chi connectivity index (χ2n) is 6.60. The van der Waals surface area contributed by atoms with E-state index in [1.165, 1.54) is 18.2 Å². The lowest BCUT2D eigenvalue weighted by Gasteiger charge is -2.31. The van der Waals surface area contributed by atoms with Gasteiger partial charge in [-0.1, -0.05) is 29.8 Å². The molecule has 1 atom stereocenters. The zero-order chi connectivity index (χ0) is 19.2. The van der Waals surface area contributed by atoms with E-state index in [4.69, 9.17) is 11.6 Å². The number of nitrogens with zero attached hydrogens (tertiary/aromatic N) is 1. The van der Waals surface area contributed by atoms with Crippen molar-refractivity contribution in [1.82, 2.24) is 4.90 Å². The molecule has 7 heteroatoms. The van der Waals surface area contributed by atoms with Gasteiger partial charge in [0.1, 0.15) is 5.82 Å². The Labute approximate surface area is 162 Å². The van der Waals surface area contributed by atoms with Gasteiger partial charge in [-0.3, -0.25) is 14.5 Å². The highest BCUT2D eigenvalue weighted by Gasteiger charge is 2.27. The van der Waals surface area contributed by atoms with E-state index in [1.54, 1.807) is 0 Å². The fourth-order valence-corrected chi connectivity index (χ4v) is 3.34. The van der Waals surface area contributed by atoms with Crippen molar-refractivity contribution < 1.29 is 14.0 Å². The Morgan fingerprint density at radius 2 is 1.93 bits per heavy atom. The summed E-state index contributed by atoms with van der Waals surface area (Å²) in [6.07, 6.45) is 1.60. The van der Waals surface area contributed by atoms with Crippen LogP contribution in [0, 0.1) is 11.7 Å². The third-order valence-corrected chi connectivity index (χ3v) is 4.72. The molecule has 2 N–H and O–H groups in total. The summed E-state index contributed by atoms with van der Waals surface area (Å²) in [5.41, 5.74) is 0.816. The molecular weight excluding hydrogens is 369 g/mol. The number of benzene rings is 2. The SMILES string of the molecule is O=C(CN1CCC[C@@H](C(=O)Nc2ccccc2)C1)Nc1cc(Cl)ccc1F. The van der Waals surface area contributed by atoms with E-state index in [-0.39, 0.29) is 30.0 Å². The van der Waals surface area contributed by atoms with Crippen molar-refractivity contribution >= 4 is 34.8 Å². The van der Waals surface area contributed by atoms with Gasteiger partial charge in [0, 0.05) is 17.3 Å². The number of anilines is 2. The van der Waals surface area contributed by atoms with E-state index in [9.17, 15) is 14.0 Å². The van der Waals surface area contributed by atoms with Crippen LogP contribution in [0.1, 0.15) is 12.8 Å². The summed E-state index contributed by atoms with van der Waals surface area (Å²) in [4.78, 5) is 26.6. The molecule has 0 bridgehead atoms. The number of likely N-dealkylation sites (tertiary alicyclic amines) is 1. The molecule has 0 saturated carbocycles. The van der Waals surface area contributed by atoms with Gasteiger partial charge in [-0.25, -0.2) is 4.39 Å². The lowest BCUT2D eigenvalue weighted by Crippen LogP contribution is -2.44. The predicted octanol–water partition coefficient (Wildman–Crippen LogP) is 3.77. The molecule has 0 radical (unpaired) electrons. The summed E-state index contributed by atoms with van der Waals surface area (Å²) >= 11 is 5.84. The molecular formula is C20H21ClFN3O2. The van der Waals surface area contributed by atoms with Gasteiger partial charge in [0.15, 0.2) is 0 Å². The van der Waals surface area contributed by atoms with E-state index < -0.39 is 5.82 Å². The van der Waals surface area contributed by atoms with Crippen molar-refractivity contribution in [2.45, 2.75) is 12.8 Å². The van der Waals surface area contributed by atoms with Crippen molar-refractivity contribution in [3.8, 4) is 0 Å². The minimum atomic E-state index is -0.536. The number of piperidine rings is 1. The number of carbonyl (C=O) groups is 2. The Kier molecular flexibility index (Phi) is 6.42. The van der Waals surface area contributed by atoms with Crippen molar-refractivity contribution in [3.63, 3.8) is 0 Å². The lowest BCUT2D eigenvalue weighted by molar-refractivity contribution is -0.123. The number of amides is 2. The average Bonchev–Trinajstić information content (AvgIpc) is 2.65. The van der Waals surface area contributed by atoms with Gasteiger partial charge < -0.3 is 10.6 Å². The summed E-state index contributed by atoms with van der Waals surface area (Å²) in [6, 6.07) is 13.3. The second kappa shape index (κ2) is 8.97. The normalized spacial score (nSPS) is 17.3. The van der Waals surface area contributed by atoms with Crippen LogP contribution in [-0.4, -0.2) is 36.3 Å². The quantitative estimate of drug-likeness (QED) is 0.818. The van der Waals surface area contributed by atoms with Crippen LogP contribution in [0.3, 0.4) is 0 Å². The minimum absolute atomic E-state index is 0.0489. The molecule has 2 aromatic rings. The standard InChI is InChI=1S/C20H21ClFN3O2/c21-15-8-9-17(22)18(11-15)24-19(26)13-25-10-4-5-14(12-25)20(27)23-16-6-2-1-3-7-16/h1-3,6-9,11,14H,4-5,10,12-13H2,(H,23,27)(H,24,26)/t14-/m1/s1. The third-order valence-electron chi connectivity index (χ3n) is 4.49. The molecule has 2 aromatic carbocycles. The van der Waals surface area contributed by atoms with E-state index in [0.717, 1.165) is 25.1 Å². The van der Waals surface area contributed by atoms with Crippen molar-refractivity contribution in [2.24, 2.45) is 5.92 Å². The molecule has 0 aromatic heterocycles. The molecule has 0 spiro atoms. The van der Waals surface area contributed by atoms with Gasteiger partial charge in [-0.05, 0) is 49.7 Å². The summed E-state index contributed by atoms with van der Waals surface area (Å²) in [5, 5.41) is 5.80. The molecule has 142 valence electrons. The van der Waals surface area contributed by atoms with Crippen LogP contribution in [0.25, 0.3) is 0 Å².